The van der Waals surface area contributed by atoms with E-state index in [2.05, 4.69) is 20.7 Å². The lowest BCUT2D eigenvalue weighted by atomic mass is 10.1. The summed E-state index contributed by atoms with van der Waals surface area (Å²) in [5.74, 6) is 0.676. The minimum atomic E-state index is -0.979. The number of nitrogens with zero attached hydrogens (tertiary/aromatic N) is 3. The van der Waals surface area contributed by atoms with Crippen LogP contribution >= 0.6 is 0 Å². The average Bonchev–Trinajstić information content (AvgIpc) is 3.02. The molecule has 0 fully saturated rings. The minimum Gasteiger partial charge on any atom is -0.492 e. The van der Waals surface area contributed by atoms with Crippen molar-refractivity contribution in [2.24, 2.45) is 0 Å². The first-order chi connectivity index (χ1) is 13.2. The number of nitrogens with one attached hydrogen (secondary N) is 2. The molecule has 0 unspecified atom stereocenters. The van der Waals surface area contributed by atoms with Crippen molar-refractivity contribution in [1.29, 1.82) is 0 Å². The standard InChI is InChI=1S/C20H25N5O3/c1-5-28-16-10-14(18(26)21-12-20(3,4)27)7-8-15(16)22-19-23-17-9-6-13(2)11-25(17)24-19/h6-11,27H,5,12H2,1-4H3,(H,21,26)(H,22,24). The summed E-state index contributed by atoms with van der Waals surface area (Å²) in [5, 5.41) is 20.0. The van der Waals surface area contributed by atoms with Gasteiger partial charge in [0.25, 0.3) is 5.91 Å². The Morgan fingerprint density at radius 3 is 2.79 bits per heavy atom. The first-order valence-corrected chi connectivity index (χ1v) is 9.12. The van der Waals surface area contributed by atoms with Gasteiger partial charge in [0.2, 0.25) is 5.95 Å². The van der Waals surface area contributed by atoms with Gasteiger partial charge in [-0.3, -0.25) is 4.79 Å². The number of fused-ring (bicyclic) bond motifs is 1. The number of aryl methyl sites for hydroxylation is 1. The number of ether oxygens (including phenoxy) is 1. The molecular formula is C20H25N5O3. The fraction of sp³-hybridized carbons (Fsp3) is 0.350. The van der Waals surface area contributed by atoms with Crippen LogP contribution in [-0.2, 0) is 0 Å². The Bertz CT molecular complexity index is 991. The zero-order chi connectivity index (χ0) is 20.3. The van der Waals surface area contributed by atoms with Gasteiger partial charge >= 0.3 is 0 Å². The second-order valence-corrected chi connectivity index (χ2v) is 7.21. The Morgan fingerprint density at radius 1 is 1.29 bits per heavy atom. The van der Waals surface area contributed by atoms with Crippen molar-refractivity contribution in [3.8, 4) is 5.75 Å². The molecule has 148 valence electrons. The number of hydrogen-bond acceptors (Lipinski definition) is 6. The first kappa shape index (κ1) is 19.6. The molecule has 0 atom stereocenters. The molecule has 8 nitrogen and oxygen atoms in total. The molecular weight excluding hydrogens is 358 g/mol. The van der Waals surface area contributed by atoms with E-state index in [1.54, 1.807) is 36.6 Å². The third-order valence-electron chi connectivity index (χ3n) is 3.95. The molecule has 8 heteroatoms. The largest absolute Gasteiger partial charge is 0.492 e. The molecule has 3 aromatic rings. The van der Waals surface area contributed by atoms with Crippen molar-refractivity contribution in [1.82, 2.24) is 19.9 Å². The van der Waals surface area contributed by atoms with Crippen molar-refractivity contribution in [2.75, 3.05) is 18.5 Å². The van der Waals surface area contributed by atoms with Crippen LogP contribution in [0.4, 0.5) is 11.6 Å². The van der Waals surface area contributed by atoms with E-state index >= 15 is 0 Å². The Hall–Kier alpha value is -3.13. The molecule has 0 aliphatic carbocycles. The second-order valence-electron chi connectivity index (χ2n) is 7.21. The van der Waals surface area contributed by atoms with E-state index in [1.807, 2.05) is 32.2 Å². The third-order valence-corrected chi connectivity index (χ3v) is 3.95. The van der Waals surface area contributed by atoms with Gasteiger partial charge < -0.3 is 20.5 Å². The number of hydrogen-bond donors (Lipinski definition) is 3. The lowest BCUT2D eigenvalue weighted by Crippen LogP contribution is -2.38. The van der Waals surface area contributed by atoms with Crippen LogP contribution in [0.25, 0.3) is 5.65 Å². The highest BCUT2D eigenvalue weighted by Crippen LogP contribution is 2.28. The Kier molecular flexibility index (Phi) is 5.51. The number of carbonyl (C=O) groups is 1. The maximum Gasteiger partial charge on any atom is 0.251 e. The maximum absolute atomic E-state index is 12.3. The van der Waals surface area contributed by atoms with Gasteiger partial charge in [-0.15, -0.1) is 5.10 Å². The molecule has 0 saturated carbocycles. The number of carbonyl (C=O) groups excluding carboxylic acids is 1. The van der Waals surface area contributed by atoms with Crippen LogP contribution < -0.4 is 15.4 Å². The number of aliphatic hydroxyl groups is 1. The Balaban J connectivity index is 1.82. The smallest absolute Gasteiger partial charge is 0.251 e. The van der Waals surface area contributed by atoms with Crippen molar-refractivity contribution in [3.63, 3.8) is 0 Å². The summed E-state index contributed by atoms with van der Waals surface area (Å²) in [4.78, 5) is 16.8. The Labute approximate surface area is 163 Å². The summed E-state index contributed by atoms with van der Waals surface area (Å²) >= 11 is 0. The summed E-state index contributed by atoms with van der Waals surface area (Å²) < 4.78 is 7.39. The number of benzene rings is 1. The van der Waals surface area contributed by atoms with Gasteiger partial charge in [0.1, 0.15) is 5.75 Å². The fourth-order valence-corrected chi connectivity index (χ4v) is 2.60. The quantitative estimate of drug-likeness (QED) is 0.580. The van der Waals surface area contributed by atoms with E-state index in [0.29, 0.717) is 29.6 Å². The highest BCUT2D eigenvalue weighted by atomic mass is 16.5. The summed E-state index contributed by atoms with van der Waals surface area (Å²) in [6, 6.07) is 8.96. The van der Waals surface area contributed by atoms with Crippen molar-refractivity contribution in [3.05, 3.63) is 47.7 Å². The lowest BCUT2D eigenvalue weighted by Gasteiger charge is -2.18. The van der Waals surface area contributed by atoms with Crippen LogP contribution in [0.1, 0.15) is 36.7 Å². The summed E-state index contributed by atoms with van der Waals surface area (Å²) in [5.41, 5.74) is 1.94. The predicted molar refractivity (Wildman–Crippen MR) is 107 cm³/mol. The molecule has 1 aromatic carbocycles. The van der Waals surface area contributed by atoms with Gasteiger partial charge in [0, 0.05) is 18.3 Å². The maximum atomic E-state index is 12.3. The zero-order valence-corrected chi connectivity index (χ0v) is 16.5. The van der Waals surface area contributed by atoms with Gasteiger partial charge in [0.05, 0.1) is 17.9 Å². The molecule has 2 heterocycles. The molecule has 3 N–H and O–H groups in total. The first-order valence-electron chi connectivity index (χ1n) is 9.12. The zero-order valence-electron chi connectivity index (χ0n) is 16.5. The number of pyridine rings is 1. The number of amides is 1. The lowest BCUT2D eigenvalue weighted by molar-refractivity contribution is 0.0694. The van der Waals surface area contributed by atoms with Crippen LogP contribution in [0.3, 0.4) is 0 Å². The van der Waals surface area contributed by atoms with Gasteiger partial charge in [0.15, 0.2) is 5.65 Å². The third kappa shape index (κ3) is 4.77. The van der Waals surface area contributed by atoms with Crippen molar-refractivity contribution >= 4 is 23.2 Å². The van der Waals surface area contributed by atoms with Gasteiger partial charge in [-0.1, -0.05) is 6.07 Å². The Morgan fingerprint density at radius 2 is 2.07 bits per heavy atom. The van der Waals surface area contributed by atoms with E-state index in [9.17, 15) is 9.90 Å². The van der Waals surface area contributed by atoms with Crippen LogP contribution in [0, 0.1) is 6.92 Å². The molecule has 1 amide bonds. The van der Waals surface area contributed by atoms with Crippen LogP contribution in [-0.4, -0.2) is 44.4 Å². The fourth-order valence-electron chi connectivity index (χ4n) is 2.60. The highest BCUT2D eigenvalue weighted by molar-refractivity contribution is 5.95. The normalized spacial score (nSPS) is 11.5. The average molecular weight is 383 g/mol. The molecule has 0 aliphatic heterocycles. The molecule has 0 bridgehead atoms. The number of rotatable bonds is 7. The van der Waals surface area contributed by atoms with Crippen LogP contribution in [0.5, 0.6) is 5.75 Å². The van der Waals surface area contributed by atoms with E-state index in [0.717, 1.165) is 11.2 Å². The predicted octanol–water partition coefficient (Wildman–Crippen LogP) is 2.68. The molecule has 0 spiro atoms. The number of aromatic nitrogens is 3. The van der Waals surface area contributed by atoms with Crippen LogP contribution in [0.2, 0.25) is 0 Å². The van der Waals surface area contributed by atoms with E-state index in [4.69, 9.17) is 4.74 Å². The molecule has 0 radical (unpaired) electrons. The van der Waals surface area contributed by atoms with E-state index in [1.165, 1.54) is 0 Å². The second kappa shape index (κ2) is 7.85. The van der Waals surface area contributed by atoms with Crippen molar-refractivity contribution < 1.29 is 14.6 Å². The molecule has 0 saturated heterocycles. The van der Waals surface area contributed by atoms with E-state index in [-0.39, 0.29) is 12.5 Å². The summed E-state index contributed by atoms with van der Waals surface area (Å²) in [6.45, 7) is 7.73. The molecule has 28 heavy (non-hydrogen) atoms. The van der Waals surface area contributed by atoms with Gasteiger partial charge in [-0.05, 0) is 57.5 Å². The SMILES string of the molecule is CCOc1cc(C(=O)NCC(C)(C)O)ccc1Nc1nc2ccc(C)cn2n1. The van der Waals surface area contributed by atoms with Crippen LogP contribution in [0.15, 0.2) is 36.5 Å². The highest BCUT2D eigenvalue weighted by Gasteiger charge is 2.16. The topological polar surface area (TPSA) is 101 Å². The van der Waals surface area contributed by atoms with E-state index < -0.39 is 5.60 Å². The van der Waals surface area contributed by atoms with Crippen molar-refractivity contribution in [2.45, 2.75) is 33.3 Å². The summed E-state index contributed by atoms with van der Waals surface area (Å²) in [6.07, 6.45) is 1.90. The number of anilines is 2. The van der Waals surface area contributed by atoms with Gasteiger partial charge in [-0.25, -0.2) is 4.52 Å². The minimum absolute atomic E-state index is 0.153. The molecule has 2 aromatic heterocycles. The summed E-state index contributed by atoms with van der Waals surface area (Å²) in [7, 11) is 0. The molecule has 3 rings (SSSR count). The molecule has 0 aliphatic rings. The van der Waals surface area contributed by atoms with Gasteiger partial charge in [-0.2, -0.15) is 4.98 Å². The monoisotopic (exact) mass is 383 g/mol.